The van der Waals surface area contributed by atoms with Crippen LogP contribution in [0.3, 0.4) is 0 Å². The molecule has 0 radical (unpaired) electrons. The summed E-state index contributed by atoms with van der Waals surface area (Å²) >= 11 is 2.19. The van der Waals surface area contributed by atoms with Gasteiger partial charge in [0, 0.05) is 32.1 Å². The number of ether oxygens (including phenoxy) is 1. The summed E-state index contributed by atoms with van der Waals surface area (Å²) in [4.78, 5) is 23.5. The van der Waals surface area contributed by atoms with Crippen LogP contribution in [-0.2, 0) is 15.7 Å². The topological polar surface area (TPSA) is 58.6 Å². The minimum Gasteiger partial charge on any atom is -0.469 e. The molecule has 3 saturated heterocycles. The number of carbonyl (C=O) groups excluding carboxylic acids is 1. The van der Waals surface area contributed by atoms with E-state index in [1.54, 1.807) is 4.90 Å². The number of rotatable bonds is 4. The van der Waals surface area contributed by atoms with Crippen LogP contribution in [0.4, 0.5) is 24.9 Å². The maximum Gasteiger partial charge on any atom is 0.433 e. The molecule has 148 valence electrons. The number of carbonyl (C=O) groups is 1. The molecule has 4 heterocycles. The van der Waals surface area contributed by atoms with E-state index >= 15 is 0 Å². The van der Waals surface area contributed by atoms with Crippen molar-refractivity contribution in [3.8, 4) is 0 Å². The number of alkyl halides is 4. The van der Waals surface area contributed by atoms with Crippen LogP contribution in [-0.4, -0.2) is 46.7 Å². The lowest BCUT2D eigenvalue weighted by Crippen LogP contribution is -2.56. The molecule has 4 fully saturated rings. The quantitative estimate of drug-likeness (QED) is 0.277. The van der Waals surface area contributed by atoms with Gasteiger partial charge in [0.05, 0.1) is 11.2 Å². The normalized spacial score (nSPS) is 29.8. The molecule has 0 unspecified atom stereocenters. The maximum absolute atomic E-state index is 13.3. The molecule has 5 rings (SSSR count). The first-order valence-corrected chi connectivity index (χ1v) is 10.2. The second-order valence-electron chi connectivity index (χ2n) is 7.43. The fourth-order valence-corrected chi connectivity index (χ4v) is 5.03. The summed E-state index contributed by atoms with van der Waals surface area (Å²) in [6, 6.07) is 1.05. The van der Waals surface area contributed by atoms with Crippen molar-refractivity contribution >= 4 is 40.3 Å². The van der Waals surface area contributed by atoms with Crippen molar-refractivity contribution in [3.63, 3.8) is 0 Å². The van der Waals surface area contributed by atoms with Gasteiger partial charge in [-0.05, 0) is 30.6 Å². The SMILES string of the molecule is COC(=O)C[C@H]1[C@@H]2C[C@H]1CN(c1cc(C(F)(F)F)nc(N3CC[C@@H]3I)n1)C2. The largest absolute Gasteiger partial charge is 0.469 e. The molecule has 1 aromatic heterocycles. The number of fused-ring (bicyclic) bond motifs is 2. The van der Waals surface area contributed by atoms with Crippen molar-refractivity contribution < 1.29 is 22.7 Å². The third-order valence-electron chi connectivity index (χ3n) is 5.87. The molecule has 4 atom stereocenters. The Morgan fingerprint density at radius 2 is 2.04 bits per heavy atom. The van der Waals surface area contributed by atoms with Crippen molar-refractivity contribution in [1.82, 2.24) is 9.97 Å². The molecular formula is C17H20F3IN4O2. The second kappa shape index (κ2) is 6.93. The predicted molar refractivity (Wildman–Crippen MR) is 101 cm³/mol. The van der Waals surface area contributed by atoms with E-state index in [9.17, 15) is 18.0 Å². The molecule has 0 aromatic carbocycles. The molecule has 4 aliphatic rings. The highest BCUT2D eigenvalue weighted by Gasteiger charge is 2.48. The third-order valence-corrected chi connectivity index (χ3v) is 7.17. The van der Waals surface area contributed by atoms with Gasteiger partial charge in [-0.3, -0.25) is 4.79 Å². The Kier molecular flexibility index (Phi) is 4.88. The number of hydrogen-bond acceptors (Lipinski definition) is 6. The summed E-state index contributed by atoms with van der Waals surface area (Å²) in [5.74, 6) is 1.09. The molecule has 27 heavy (non-hydrogen) atoms. The highest BCUT2D eigenvalue weighted by atomic mass is 127. The predicted octanol–water partition coefficient (Wildman–Crippen LogP) is 3.10. The number of hydrogen-bond donors (Lipinski definition) is 0. The Morgan fingerprint density at radius 3 is 2.56 bits per heavy atom. The van der Waals surface area contributed by atoms with E-state index in [0.29, 0.717) is 31.9 Å². The summed E-state index contributed by atoms with van der Waals surface area (Å²) in [6.45, 7) is 1.89. The van der Waals surface area contributed by atoms with E-state index in [-0.39, 0.29) is 33.7 Å². The van der Waals surface area contributed by atoms with Gasteiger partial charge in [-0.15, -0.1) is 0 Å². The van der Waals surface area contributed by atoms with Crippen LogP contribution in [0.5, 0.6) is 0 Å². The number of esters is 1. The van der Waals surface area contributed by atoms with Crippen LogP contribution in [0.25, 0.3) is 0 Å². The minimum absolute atomic E-state index is 0.123. The van der Waals surface area contributed by atoms with E-state index < -0.39 is 11.9 Å². The average molecular weight is 496 g/mol. The van der Waals surface area contributed by atoms with Crippen molar-refractivity contribution in [3.05, 3.63) is 11.8 Å². The number of piperidine rings is 2. The summed E-state index contributed by atoms with van der Waals surface area (Å²) in [5.41, 5.74) is -0.900. The third kappa shape index (κ3) is 3.56. The highest BCUT2D eigenvalue weighted by Crippen LogP contribution is 2.48. The first-order valence-electron chi connectivity index (χ1n) is 8.95. The summed E-state index contributed by atoms with van der Waals surface area (Å²) in [7, 11) is 1.38. The van der Waals surface area contributed by atoms with Gasteiger partial charge in [0.15, 0.2) is 5.69 Å². The van der Waals surface area contributed by atoms with Gasteiger partial charge in [-0.2, -0.15) is 18.2 Å². The van der Waals surface area contributed by atoms with Gasteiger partial charge in [0.2, 0.25) is 5.95 Å². The monoisotopic (exact) mass is 496 g/mol. The standard InChI is InChI=1S/C17H20F3IN4O2/c1-27-15(26)5-11-9-4-10(11)8-24(7-9)14-6-12(17(18,19)20)22-16(23-14)25-3-2-13(25)21/h6,9-11,13H,2-5,7-8H2,1H3/t9-,10+,11+,13-/m1/s1. The Hall–Kier alpha value is -1.33. The van der Waals surface area contributed by atoms with Gasteiger partial charge in [-0.1, -0.05) is 22.6 Å². The lowest BCUT2D eigenvalue weighted by atomic mass is 9.60. The van der Waals surface area contributed by atoms with E-state index in [2.05, 4.69) is 32.6 Å². The highest BCUT2D eigenvalue weighted by molar-refractivity contribution is 14.1. The number of anilines is 2. The minimum atomic E-state index is -4.51. The van der Waals surface area contributed by atoms with E-state index in [0.717, 1.165) is 18.9 Å². The first kappa shape index (κ1) is 19.0. The Labute approximate surface area is 168 Å². The van der Waals surface area contributed by atoms with Gasteiger partial charge in [0.25, 0.3) is 0 Å². The van der Waals surface area contributed by atoms with Gasteiger partial charge in [-0.25, -0.2) is 4.98 Å². The fraction of sp³-hybridized carbons (Fsp3) is 0.706. The van der Waals surface area contributed by atoms with Crippen LogP contribution in [0.1, 0.15) is 25.0 Å². The van der Waals surface area contributed by atoms with Crippen LogP contribution in [0.15, 0.2) is 6.07 Å². The van der Waals surface area contributed by atoms with Crippen molar-refractivity contribution in [2.75, 3.05) is 36.5 Å². The molecular weight excluding hydrogens is 476 g/mol. The fourth-order valence-electron chi connectivity index (χ4n) is 4.22. The average Bonchev–Trinajstić information content (AvgIpc) is 2.63. The Morgan fingerprint density at radius 1 is 1.33 bits per heavy atom. The zero-order valence-corrected chi connectivity index (χ0v) is 16.9. The zero-order valence-electron chi connectivity index (χ0n) is 14.7. The molecule has 1 saturated carbocycles. The zero-order chi connectivity index (χ0) is 19.3. The number of methoxy groups -OCH3 is 1. The van der Waals surface area contributed by atoms with Crippen molar-refractivity contribution in [2.45, 2.75) is 29.5 Å². The van der Waals surface area contributed by atoms with Crippen LogP contribution >= 0.6 is 22.6 Å². The lowest BCUT2D eigenvalue weighted by molar-refractivity contribution is -0.145. The second-order valence-corrected chi connectivity index (χ2v) is 8.87. The van der Waals surface area contributed by atoms with Gasteiger partial charge >= 0.3 is 12.1 Å². The van der Waals surface area contributed by atoms with Crippen LogP contribution < -0.4 is 9.80 Å². The molecule has 2 bridgehead atoms. The maximum atomic E-state index is 13.3. The van der Waals surface area contributed by atoms with E-state index in [1.807, 2.05) is 4.90 Å². The molecule has 1 aromatic rings. The smallest absolute Gasteiger partial charge is 0.433 e. The molecule has 6 nitrogen and oxygen atoms in total. The lowest BCUT2D eigenvalue weighted by Gasteiger charge is -2.53. The number of aromatic nitrogens is 2. The van der Waals surface area contributed by atoms with Crippen molar-refractivity contribution in [1.29, 1.82) is 0 Å². The van der Waals surface area contributed by atoms with E-state index in [4.69, 9.17) is 4.74 Å². The summed E-state index contributed by atoms with van der Waals surface area (Å²) in [6.07, 6.45) is -2.21. The first-order chi connectivity index (χ1) is 12.8. The van der Waals surface area contributed by atoms with Gasteiger partial charge in [0.1, 0.15) is 5.82 Å². The molecule has 0 spiro atoms. The molecule has 1 aliphatic carbocycles. The summed E-state index contributed by atoms with van der Waals surface area (Å²) in [5, 5.41) is 0. The van der Waals surface area contributed by atoms with E-state index in [1.165, 1.54) is 7.11 Å². The van der Waals surface area contributed by atoms with Crippen LogP contribution in [0, 0.1) is 17.8 Å². The van der Waals surface area contributed by atoms with Crippen LogP contribution in [0.2, 0.25) is 0 Å². The number of halogens is 4. The Bertz CT molecular complexity index is 735. The summed E-state index contributed by atoms with van der Waals surface area (Å²) < 4.78 is 44.9. The van der Waals surface area contributed by atoms with Crippen molar-refractivity contribution in [2.24, 2.45) is 17.8 Å². The molecule has 3 aliphatic heterocycles. The van der Waals surface area contributed by atoms with Gasteiger partial charge < -0.3 is 14.5 Å². The molecule has 0 N–H and O–H groups in total. The molecule has 0 amide bonds. The number of nitrogens with zero attached hydrogens (tertiary/aromatic N) is 4. The molecule has 10 heteroatoms. The Balaban J connectivity index is 1.55.